The molecule has 2 aliphatic heterocycles. The van der Waals surface area contributed by atoms with Gasteiger partial charge in [-0.1, -0.05) is 11.3 Å². The maximum Gasteiger partial charge on any atom is 0.223 e. The summed E-state index contributed by atoms with van der Waals surface area (Å²) in [4.78, 5) is 40.7. The lowest BCUT2D eigenvalue weighted by molar-refractivity contribution is -0.137. The molecule has 0 atom stereocenters. The second-order valence-electron chi connectivity index (χ2n) is 7.13. The maximum absolute atomic E-state index is 12.5. The van der Waals surface area contributed by atoms with Crippen molar-refractivity contribution in [3.05, 3.63) is 18.3 Å². The highest BCUT2D eigenvalue weighted by atomic mass is 32.1. The number of thiazole rings is 1. The highest BCUT2D eigenvalue weighted by Crippen LogP contribution is 2.27. The molecule has 2 aromatic rings. The fourth-order valence-corrected chi connectivity index (χ4v) is 4.67. The van der Waals surface area contributed by atoms with Gasteiger partial charge >= 0.3 is 0 Å². The zero-order valence-electron chi connectivity index (χ0n) is 15.5. The van der Waals surface area contributed by atoms with Crippen molar-refractivity contribution in [1.82, 2.24) is 19.8 Å². The molecule has 0 saturated carbocycles. The van der Waals surface area contributed by atoms with Gasteiger partial charge < -0.3 is 14.7 Å². The minimum absolute atomic E-state index is 0.0889. The zero-order chi connectivity index (χ0) is 18.6. The Morgan fingerprint density at radius 3 is 2.26 bits per heavy atom. The van der Waals surface area contributed by atoms with Gasteiger partial charge in [-0.15, -0.1) is 0 Å². The average molecular weight is 388 g/mol. The van der Waals surface area contributed by atoms with Crippen LogP contribution in [0.4, 0.5) is 5.13 Å². The van der Waals surface area contributed by atoms with E-state index in [1.807, 2.05) is 21.9 Å². The van der Waals surface area contributed by atoms with Crippen molar-refractivity contribution < 1.29 is 9.59 Å². The number of hydrogen-bond donors (Lipinski definition) is 0. The van der Waals surface area contributed by atoms with Crippen LogP contribution in [0, 0.1) is 0 Å². The van der Waals surface area contributed by atoms with Gasteiger partial charge in [0.15, 0.2) is 5.13 Å². The number of carbonyl (C=O) groups is 2. The third-order valence-corrected chi connectivity index (χ3v) is 6.36. The minimum Gasteiger partial charge on any atom is -0.344 e. The molecule has 0 spiro atoms. The molecule has 4 heterocycles. The third kappa shape index (κ3) is 4.21. The first kappa shape index (κ1) is 18.2. The van der Waals surface area contributed by atoms with Gasteiger partial charge in [0, 0.05) is 58.3 Å². The lowest BCUT2D eigenvalue weighted by Crippen LogP contribution is -2.49. The molecule has 7 nitrogen and oxygen atoms in total. The van der Waals surface area contributed by atoms with Crippen molar-refractivity contribution in [1.29, 1.82) is 0 Å². The van der Waals surface area contributed by atoms with Gasteiger partial charge in [0.25, 0.3) is 0 Å². The van der Waals surface area contributed by atoms with Crippen molar-refractivity contribution in [3.8, 4) is 0 Å². The van der Waals surface area contributed by atoms with Crippen LogP contribution in [0.1, 0.15) is 32.1 Å². The second kappa shape index (κ2) is 8.21. The molecule has 2 aromatic heterocycles. The Bertz CT molecular complexity index is 776. The lowest BCUT2D eigenvalue weighted by atomic mass is 10.1. The van der Waals surface area contributed by atoms with Gasteiger partial charge in [0.1, 0.15) is 10.3 Å². The van der Waals surface area contributed by atoms with Gasteiger partial charge in [-0.05, 0) is 31.4 Å². The Morgan fingerprint density at radius 2 is 1.59 bits per heavy atom. The third-order valence-electron chi connectivity index (χ3n) is 5.32. The highest BCUT2D eigenvalue weighted by molar-refractivity contribution is 7.21. The van der Waals surface area contributed by atoms with Crippen molar-refractivity contribution in [3.63, 3.8) is 0 Å². The number of aromatic nitrogens is 2. The quantitative estimate of drug-likeness (QED) is 0.804. The molecule has 0 aromatic carbocycles. The Hall–Kier alpha value is -2.22. The number of amides is 2. The van der Waals surface area contributed by atoms with Crippen LogP contribution in [-0.4, -0.2) is 70.9 Å². The van der Waals surface area contributed by atoms with Gasteiger partial charge in [-0.25, -0.2) is 9.97 Å². The molecular weight excluding hydrogens is 362 g/mol. The summed E-state index contributed by atoms with van der Waals surface area (Å²) < 4.78 is 0. The second-order valence-corrected chi connectivity index (χ2v) is 8.09. The number of anilines is 1. The molecule has 0 radical (unpaired) electrons. The summed E-state index contributed by atoms with van der Waals surface area (Å²) in [6.45, 7) is 4.60. The SMILES string of the molecule is O=C(CCC(=O)N1CCN(c2nc3cccnc3s2)CC1)N1CCCCC1. The van der Waals surface area contributed by atoms with Crippen molar-refractivity contribution in [2.75, 3.05) is 44.2 Å². The highest BCUT2D eigenvalue weighted by Gasteiger charge is 2.24. The van der Waals surface area contributed by atoms with E-state index in [1.165, 1.54) is 6.42 Å². The molecule has 0 N–H and O–H groups in total. The van der Waals surface area contributed by atoms with Gasteiger partial charge in [0.05, 0.1) is 0 Å². The van der Waals surface area contributed by atoms with Crippen LogP contribution in [0.15, 0.2) is 18.3 Å². The summed E-state index contributed by atoms with van der Waals surface area (Å²) >= 11 is 1.59. The number of pyridine rings is 1. The normalized spacial score (nSPS) is 18.1. The molecule has 0 aliphatic carbocycles. The first-order valence-electron chi connectivity index (χ1n) is 9.73. The standard InChI is InChI=1S/C19H25N5O2S/c25-16(22-9-2-1-3-10-22)6-7-17(26)23-11-13-24(14-12-23)19-21-15-5-4-8-20-18(15)27-19/h4-5,8H,1-3,6-7,9-14H2. The van der Waals surface area contributed by atoms with Crippen LogP contribution in [0.5, 0.6) is 0 Å². The van der Waals surface area contributed by atoms with Crippen LogP contribution in [-0.2, 0) is 9.59 Å². The first-order chi connectivity index (χ1) is 13.2. The summed E-state index contributed by atoms with van der Waals surface area (Å²) in [7, 11) is 0. The maximum atomic E-state index is 12.5. The zero-order valence-corrected chi connectivity index (χ0v) is 16.3. The van der Waals surface area contributed by atoms with Gasteiger partial charge in [-0.2, -0.15) is 0 Å². The molecule has 27 heavy (non-hydrogen) atoms. The number of nitrogens with zero attached hydrogens (tertiary/aromatic N) is 5. The summed E-state index contributed by atoms with van der Waals surface area (Å²) in [5.74, 6) is 0.217. The van der Waals surface area contributed by atoms with Crippen molar-refractivity contribution >= 4 is 38.6 Å². The summed E-state index contributed by atoms with van der Waals surface area (Å²) in [5, 5.41) is 0.969. The molecule has 2 aliphatic rings. The molecule has 0 unspecified atom stereocenters. The van der Waals surface area contributed by atoms with Crippen molar-refractivity contribution in [2.24, 2.45) is 0 Å². The monoisotopic (exact) mass is 387 g/mol. The Kier molecular flexibility index (Phi) is 5.52. The van der Waals surface area contributed by atoms with Crippen molar-refractivity contribution in [2.45, 2.75) is 32.1 Å². The summed E-state index contributed by atoms with van der Waals surface area (Å²) in [5.41, 5.74) is 0.923. The Labute approximate surface area is 163 Å². The van der Waals surface area contributed by atoms with E-state index in [4.69, 9.17) is 0 Å². The fraction of sp³-hybridized carbons (Fsp3) is 0.579. The van der Waals surface area contributed by atoms with Crippen LogP contribution in [0.2, 0.25) is 0 Å². The number of rotatable bonds is 4. The molecule has 144 valence electrons. The number of piperazine rings is 1. The lowest BCUT2D eigenvalue weighted by Gasteiger charge is -2.34. The van der Waals surface area contributed by atoms with Gasteiger partial charge in [0.2, 0.25) is 11.8 Å². The molecule has 2 amide bonds. The summed E-state index contributed by atoms with van der Waals surface area (Å²) in [6.07, 6.45) is 5.82. The minimum atomic E-state index is 0.0889. The van der Waals surface area contributed by atoms with Crippen LogP contribution in [0.3, 0.4) is 0 Å². The molecule has 8 heteroatoms. The van der Waals surface area contributed by atoms with E-state index in [0.29, 0.717) is 25.9 Å². The molecule has 2 saturated heterocycles. The fourth-order valence-electron chi connectivity index (χ4n) is 3.71. The summed E-state index contributed by atoms with van der Waals surface area (Å²) in [6, 6.07) is 3.87. The number of likely N-dealkylation sites (tertiary alicyclic amines) is 1. The smallest absolute Gasteiger partial charge is 0.223 e. The molecule has 0 bridgehead atoms. The van der Waals surface area contributed by atoms with E-state index >= 15 is 0 Å². The average Bonchev–Trinajstić information content (AvgIpc) is 3.17. The first-order valence-corrected chi connectivity index (χ1v) is 10.5. The van der Waals surface area contributed by atoms with Crippen LogP contribution in [0.25, 0.3) is 10.3 Å². The topological polar surface area (TPSA) is 69.6 Å². The van der Waals surface area contributed by atoms with Gasteiger partial charge in [-0.3, -0.25) is 9.59 Å². The van der Waals surface area contributed by atoms with E-state index in [0.717, 1.165) is 54.5 Å². The number of piperidine rings is 1. The Morgan fingerprint density at radius 1 is 0.926 bits per heavy atom. The van der Waals surface area contributed by atoms with E-state index in [-0.39, 0.29) is 11.8 Å². The van der Waals surface area contributed by atoms with E-state index in [9.17, 15) is 9.59 Å². The number of hydrogen-bond acceptors (Lipinski definition) is 6. The van der Waals surface area contributed by atoms with E-state index in [1.54, 1.807) is 17.5 Å². The van der Waals surface area contributed by atoms with Crippen LogP contribution < -0.4 is 4.90 Å². The number of fused-ring (bicyclic) bond motifs is 1. The molecular formula is C19H25N5O2S. The predicted molar refractivity (Wildman–Crippen MR) is 106 cm³/mol. The molecule has 2 fully saturated rings. The Balaban J connectivity index is 1.25. The molecule has 4 rings (SSSR count). The van der Waals surface area contributed by atoms with Crippen LogP contribution >= 0.6 is 11.3 Å². The largest absolute Gasteiger partial charge is 0.344 e. The number of carbonyl (C=O) groups excluding carboxylic acids is 2. The van der Waals surface area contributed by atoms with E-state index in [2.05, 4.69) is 14.9 Å². The predicted octanol–water partition coefficient (Wildman–Crippen LogP) is 2.13. The van der Waals surface area contributed by atoms with E-state index < -0.39 is 0 Å².